The third-order valence-electron chi connectivity index (χ3n) is 6.43. The Morgan fingerprint density at radius 2 is 1.90 bits per heavy atom. The topological polar surface area (TPSA) is 55.8 Å². The molecule has 4 rings (SSSR count). The molecule has 0 aromatic heterocycles. The number of methoxy groups -OCH3 is 1. The van der Waals surface area contributed by atoms with Crippen molar-refractivity contribution in [2.24, 2.45) is 17.8 Å². The summed E-state index contributed by atoms with van der Waals surface area (Å²) in [5.41, 5.74) is 3.65. The highest BCUT2D eigenvalue weighted by Gasteiger charge is 2.38. The second-order valence-corrected chi connectivity index (χ2v) is 8.64. The largest absolute Gasteiger partial charge is 0.497 e. The summed E-state index contributed by atoms with van der Waals surface area (Å²) < 4.78 is 11.5. The summed E-state index contributed by atoms with van der Waals surface area (Å²) in [7, 11) is 1.69. The number of aliphatic carboxylic acids is 1. The number of hydrogen-bond donors (Lipinski definition) is 1. The van der Waals surface area contributed by atoms with E-state index >= 15 is 0 Å². The quantitative estimate of drug-likeness (QED) is 0.573. The molecular weight excluding hydrogens is 376 g/mol. The zero-order chi connectivity index (χ0) is 21.1. The first-order chi connectivity index (χ1) is 14.5. The molecule has 2 aromatic rings. The zero-order valence-electron chi connectivity index (χ0n) is 17.7. The molecule has 0 aliphatic heterocycles. The number of hydrogen-bond acceptors (Lipinski definition) is 3. The van der Waals surface area contributed by atoms with Crippen molar-refractivity contribution in [1.29, 1.82) is 0 Å². The highest BCUT2D eigenvalue weighted by Crippen LogP contribution is 2.47. The van der Waals surface area contributed by atoms with Crippen LogP contribution in [0.4, 0.5) is 0 Å². The van der Waals surface area contributed by atoms with Crippen LogP contribution in [-0.2, 0) is 4.79 Å². The lowest BCUT2D eigenvalue weighted by Gasteiger charge is -2.22. The van der Waals surface area contributed by atoms with Crippen LogP contribution in [0.3, 0.4) is 0 Å². The van der Waals surface area contributed by atoms with E-state index in [1.165, 1.54) is 11.1 Å². The van der Waals surface area contributed by atoms with Gasteiger partial charge in [-0.1, -0.05) is 37.3 Å². The summed E-state index contributed by atoms with van der Waals surface area (Å²) in [5, 5.41) is 9.51. The SMILES string of the molecule is COc1cccc(C2=CCC(COc3cccc([C@H](C4CC4)[C@H](C)C(=O)O)c3)C2)c1. The molecule has 0 bridgehead atoms. The van der Waals surface area contributed by atoms with E-state index in [9.17, 15) is 9.90 Å². The van der Waals surface area contributed by atoms with Gasteiger partial charge in [-0.3, -0.25) is 4.79 Å². The molecule has 4 heteroatoms. The lowest BCUT2D eigenvalue weighted by molar-refractivity contribution is -0.142. The van der Waals surface area contributed by atoms with Crippen LogP contribution in [0.1, 0.15) is 49.7 Å². The standard InChI is InChI=1S/C26H30O4/c1-17(26(27)28)25(19-11-12-19)22-6-4-8-24(15-22)30-16-18-9-10-21(13-18)20-5-3-7-23(14-20)29-2/h3-8,10,14-15,17-19,25H,9,11-13,16H2,1-2H3,(H,27,28)/t17-,18?,25-/m0/s1. The second-order valence-electron chi connectivity index (χ2n) is 8.64. The summed E-state index contributed by atoms with van der Waals surface area (Å²) in [6, 6.07) is 16.3. The van der Waals surface area contributed by atoms with Gasteiger partial charge in [0.2, 0.25) is 0 Å². The molecule has 1 unspecified atom stereocenters. The van der Waals surface area contributed by atoms with Crippen LogP contribution < -0.4 is 9.47 Å². The average molecular weight is 407 g/mol. The lowest BCUT2D eigenvalue weighted by atomic mass is 9.83. The van der Waals surface area contributed by atoms with Gasteiger partial charge in [0.15, 0.2) is 0 Å². The molecule has 0 amide bonds. The zero-order valence-corrected chi connectivity index (χ0v) is 17.7. The molecule has 0 radical (unpaired) electrons. The van der Waals surface area contributed by atoms with E-state index in [0.29, 0.717) is 18.4 Å². The fourth-order valence-corrected chi connectivity index (χ4v) is 4.58. The number of ether oxygens (including phenoxy) is 2. The van der Waals surface area contributed by atoms with Crippen LogP contribution in [0.2, 0.25) is 0 Å². The van der Waals surface area contributed by atoms with Gasteiger partial charge in [0.1, 0.15) is 11.5 Å². The molecule has 4 nitrogen and oxygen atoms in total. The summed E-state index contributed by atoms with van der Waals surface area (Å²) >= 11 is 0. The van der Waals surface area contributed by atoms with Crippen molar-refractivity contribution < 1.29 is 19.4 Å². The second kappa shape index (κ2) is 8.95. The van der Waals surface area contributed by atoms with Crippen LogP contribution in [0.25, 0.3) is 5.57 Å². The molecule has 1 saturated carbocycles. The van der Waals surface area contributed by atoms with Gasteiger partial charge in [-0.15, -0.1) is 0 Å². The molecule has 2 aliphatic rings. The first-order valence-electron chi connectivity index (χ1n) is 10.8. The molecule has 1 fully saturated rings. The summed E-state index contributed by atoms with van der Waals surface area (Å²) in [4.78, 5) is 11.6. The molecule has 158 valence electrons. The summed E-state index contributed by atoms with van der Waals surface area (Å²) in [6.07, 6.45) is 6.54. The number of allylic oxidation sites excluding steroid dienone is 2. The van der Waals surface area contributed by atoms with Gasteiger partial charge in [0.05, 0.1) is 19.6 Å². The van der Waals surface area contributed by atoms with Gasteiger partial charge in [0, 0.05) is 5.92 Å². The van der Waals surface area contributed by atoms with Crippen LogP contribution in [0.15, 0.2) is 54.6 Å². The minimum atomic E-state index is -0.722. The Hall–Kier alpha value is -2.75. The van der Waals surface area contributed by atoms with E-state index in [-0.39, 0.29) is 11.8 Å². The summed E-state index contributed by atoms with van der Waals surface area (Å²) in [5.74, 6) is 1.62. The maximum Gasteiger partial charge on any atom is 0.306 e. The average Bonchev–Trinajstić information content (AvgIpc) is 3.48. The van der Waals surface area contributed by atoms with Crippen LogP contribution in [0, 0.1) is 17.8 Å². The van der Waals surface area contributed by atoms with E-state index in [0.717, 1.165) is 42.7 Å². The minimum absolute atomic E-state index is 0.0684. The fourth-order valence-electron chi connectivity index (χ4n) is 4.58. The number of carbonyl (C=O) groups is 1. The van der Waals surface area contributed by atoms with Crippen molar-refractivity contribution in [2.45, 2.75) is 38.5 Å². The third-order valence-corrected chi connectivity index (χ3v) is 6.43. The third kappa shape index (κ3) is 4.69. The highest BCUT2D eigenvalue weighted by atomic mass is 16.5. The van der Waals surface area contributed by atoms with Crippen LogP contribution in [0.5, 0.6) is 11.5 Å². The van der Waals surface area contributed by atoms with Gasteiger partial charge in [-0.2, -0.15) is 0 Å². The van der Waals surface area contributed by atoms with Crippen molar-refractivity contribution in [2.75, 3.05) is 13.7 Å². The molecular formula is C26H30O4. The molecule has 3 atom stereocenters. The Morgan fingerprint density at radius 3 is 2.63 bits per heavy atom. The Labute approximate surface area is 178 Å². The minimum Gasteiger partial charge on any atom is -0.497 e. The van der Waals surface area contributed by atoms with Crippen molar-refractivity contribution in [1.82, 2.24) is 0 Å². The van der Waals surface area contributed by atoms with Crippen LogP contribution >= 0.6 is 0 Å². The number of carboxylic acids is 1. The maximum atomic E-state index is 11.6. The number of rotatable bonds is 9. The van der Waals surface area contributed by atoms with Gasteiger partial charge in [-0.05, 0) is 78.5 Å². The Morgan fingerprint density at radius 1 is 1.13 bits per heavy atom. The summed E-state index contributed by atoms with van der Waals surface area (Å²) in [6.45, 7) is 2.49. The van der Waals surface area contributed by atoms with Crippen molar-refractivity contribution >= 4 is 11.5 Å². The van der Waals surface area contributed by atoms with E-state index in [1.807, 2.05) is 43.3 Å². The molecule has 1 N–H and O–H groups in total. The molecule has 2 aliphatic carbocycles. The van der Waals surface area contributed by atoms with Crippen molar-refractivity contribution in [3.63, 3.8) is 0 Å². The molecule has 0 heterocycles. The highest BCUT2D eigenvalue weighted by molar-refractivity contribution is 5.71. The van der Waals surface area contributed by atoms with Gasteiger partial charge >= 0.3 is 5.97 Å². The predicted octanol–water partition coefficient (Wildman–Crippen LogP) is 5.78. The molecule has 0 saturated heterocycles. The van der Waals surface area contributed by atoms with Crippen molar-refractivity contribution in [3.8, 4) is 11.5 Å². The van der Waals surface area contributed by atoms with Crippen LogP contribution in [-0.4, -0.2) is 24.8 Å². The van der Waals surface area contributed by atoms with E-state index in [4.69, 9.17) is 9.47 Å². The molecule has 2 aromatic carbocycles. The van der Waals surface area contributed by atoms with E-state index in [1.54, 1.807) is 7.11 Å². The van der Waals surface area contributed by atoms with Gasteiger partial charge in [0.25, 0.3) is 0 Å². The smallest absolute Gasteiger partial charge is 0.306 e. The Balaban J connectivity index is 1.37. The number of carboxylic acid groups (broad SMARTS) is 1. The number of benzene rings is 2. The predicted molar refractivity (Wildman–Crippen MR) is 118 cm³/mol. The Bertz CT molecular complexity index is 928. The molecule has 0 spiro atoms. The molecule has 30 heavy (non-hydrogen) atoms. The van der Waals surface area contributed by atoms with Gasteiger partial charge in [-0.25, -0.2) is 0 Å². The fraction of sp³-hybridized carbons (Fsp3) is 0.423. The maximum absolute atomic E-state index is 11.6. The van der Waals surface area contributed by atoms with E-state index in [2.05, 4.69) is 18.2 Å². The van der Waals surface area contributed by atoms with Crippen molar-refractivity contribution in [3.05, 3.63) is 65.7 Å². The first kappa shape index (κ1) is 20.5. The normalized spacial score (nSPS) is 20.3. The monoisotopic (exact) mass is 406 g/mol. The Kier molecular flexibility index (Phi) is 6.12. The lowest BCUT2D eigenvalue weighted by Crippen LogP contribution is -2.20. The van der Waals surface area contributed by atoms with E-state index < -0.39 is 5.97 Å². The first-order valence-corrected chi connectivity index (χ1v) is 10.8. The van der Waals surface area contributed by atoms with Gasteiger partial charge < -0.3 is 14.6 Å².